The van der Waals surface area contributed by atoms with Crippen LogP contribution in [0.15, 0.2) is 56.5 Å². The number of ether oxygens (including phenoxy) is 1. The fourth-order valence-corrected chi connectivity index (χ4v) is 4.13. The highest BCUT2D eigenvalue weighted by atomic mass is 32.2. The van der Waals surface area contributed by atoms with Gasteiger partial charge in [0.15, 0.2) is 6.29 Å². The van der Waals surface area contributed by atoms with Gasteiger partial charge in [0.1, 0.15) is 10.6 Å². The van der Waals surface area contributed by atoms with E-state index in [4.69, 9.17) is 4.74 Å². The van der Waals surface area contributed by atoms with Gasteiger partial charge in [-0.25, -0.2) is 4.40 Å². The van der Waals surface area contributed by atoms with Gasteiger partial charge in [0, 0.05) is 56.8 Å². The molecule has 1 heterocycles. The summed E-state index contributed by atoms with van der Waals surface area (Å²) in [5.41, 5.74) is 0.908. The molecule has 0 aliphatic carbocycles. The lowest BCUT2D eigenvalue weighted by atomic mass is 10.00. The number of aliphatic hydroxyl groups is 2. The van der Waals surface area contributed by atoms with Crippen LogP contribution in [0.2, 0.25) is 0 Å². The average Bonchev–Trinajstić information content (AvgIpc) is 3.01. The first-order chi connectivity index (χ1) is 17.4. The maximum atomic E-state index is 12.7. The van der Waals surface area contributed by atoms with Crippen molar-refractivity contribution in [2.24, 2.45) is 9.39 Å². The van der Waals surface area contributed by atoms with Crippen molar-refractivity contribution in [3.63, 3.8) is 0 Å². The van der Waals surface area contributed by atoms with Crippen molar-refractivity contribution in [1.29, 1.82) is 0 Å². The van der Waals surface area contributed by atoms with Crippen LogP contribution in [0.5, 0.6) is 0 Å². The number of nitrogens with zero attached hydrogens (tertiary/aromatic N) is 3. The van der Waals surface area contributed by atoms with Gasteiger partial charge in [0.25, 0.3) is 0 Å². The fraction of sp³-hybridized carbons (Fsp3) is 0.630. The van der Waals surface area contributed by atoms with Crippen LogP contribution in [0.3, 0.4) is 0 Å². The van der Waals surface area contributed by atoms with E-state index in [1.807, 2.05) is 6.08 Å². The summed E-state index contributed by atoms with van der Waals surface area (Å²) in [6.45, 7) is 9.47. The lowest BCUT2D eigenvalue weighted by molar-refractivity contribution is -0.187. The van der Waals surface area contributed by atoms with E-state index < -0.39 is 23.6 Å². The van der Waals surface area contributed by atoms with Crippen LogP contribution in [0, 0.1) is 0 Å². The largest absolute Gasteiger partial charge is 0.412 e. The van der Waals surface area contributed by atoms with Gasteiger partial charge in [-0.15, -0.1) is 0 Å². The minimum Gasteiger partial charge on any atom is -0.366 e. The van der Waals surface area contributed by atoms with Gasteiger partial charge >= 0.3 is 6.18 Å². The normalized spacial score (nSPS) is 19.8. The lowest BCUT2D eigenvalue weighted by Gasteiger charge is -2.26. The number of hydrogen-bond acceptors (Lipinski definition) is 7. The maximum Gasteiger partial charge on any atom is 0.412 e. The fourth-order valence-electron chi connectivity index (χ4n) is 3.53. The Hall–Kier alpha value is -1.72. The number of alkyl halides is 3. The predicted molar refractivity (Wildman–Crippen MR) is 148 cm³/mol. The van der Waals surface area contributed by atoms with Crippen molar-refractivity contribution in [2.75, 3.05) is 33.3 Å². The van der Waals surface area contributed by atoms with Crippen molar-refractivity contribution in [2.45, 2.75) is 77.9 Å². The quantitative estimate of drug-likeness (QED) is 0.103. The first-order valence-corrected chi connectivity index (χ1v) is 13.3. The summed E-state index contributed by atoms with van der Waals surface area (Å²) in [6, 6.07) is 0. The van der Waals surface area contributed by atoms with Crippen LogP contribution in [-0.2, 0) is 4.74 Å². The summed E-state index contributed by atoms with van der Waals surface area (Å²) < 4.78 is 48.2. The highest BCUT2D eigenvalue weighted by Gasteiger charge is 2.31. The number of likely N-dealkylation sites (tertiary alicyclic amines) is 1. The molecule has 0 bridgehead atoms. The molecular formula is C27H42F3N3O3S. The monoisotopic (exact) mass is 545 g/mol. The van der Waals surface area contributed by atoms with E-state index in [0.717, 1.165) is 43.5 Å². The van der Waals surface area contributed by atoms with Gasteiger partial charge in [0.05, 0.1) is 6.61 Å². The summed E-state index contributed by atoms with van der Waals surface area (Å²) in [7, 11) is 1.73. The molecule has 1 aliphatic rings. The number of allylic oxidation sites excluding steroid dienone is 5. The molecule has 1 rings (SSSR count). The molecule has 1 fully saturated rings. The summed E-state index contributed by atoms with van der Waals surface area (Å²) in [4.78, 5) is 6.68. The van der Waals surface area contributed by atoms with Crippen molar-refractivity contribution < 1.29 is 28.1 Å². The second kappa shape index (κ2) is 17.0. The van der Waals surface area contributed by atoms with E-state index in [1.165, 1.54) is 36.1 Å². The average molecular weight is 546 g/mol. The number of rotatable bonds is 12. The number of hydrogen-bond donors (Lipinski definition) is 2. The number of aliphatic imine (C=N–C) groups is 1. The smallest absolute Gasteiger partial charge is 0.366 e. The van der Waals surface area contributed by atoms with Crippen LogP contribution in [0.1, 0.15) is 59.8 Å². The molecule has 6 nitrogen and oxygen atoms in total. The molecule has 1 saturated heterocycles. The Kier molecular flexibility index (Phi) is 15.3. The van der Waals surface area contributed by atoms with E-state index in [1.54, 1.807) is 33.2 Å². The molecule has 0 saturated carbocycles. The second-order valence-electron chi connectivity index (χ2n) is 9.15. The molecule has 1 aliphatic heterocycles. The Balaban J connectivity index is 2.61. The topological polar surface area (TPSA) is 77.7 Å². The molecule has 0 atom stereocenters. The van der Waals surface area contributed by atoms with E-state index >= 15 is 0 Å². The van der Waals surface area contributed by atoms with E-state index in [-0.39, 0.29) is 6.42 Å². The second-order valence-corrected chi connectivity index (χ2v) is 10.0. The Bertz CT molecular complexity index is 876. The zero-order valence-corrected chi connectivity index (χ0v) is 23.4. The van der Waals surface area contributed by atoms with Crippen molar-refractivity contribution >= 4 is 23.2 Å². The highest BCUT2D eigenvalue weighted by Crippen LogP contribution is 2.28. The van der Waals surface area contributed by atoms with Crippen molar-refractivity contribution in [1.82, 2.24) is 4.90 Å². The first kappa shape index (κ1) is 33.3. The first-order valence-electron chi connectivity index (χ1n) is 12.6. The lowest BCUT2D eigenvalue weighted by Crippen LogP contribution is -2.38. The standard InChI is InChI=1S/C27H42F3N3O3S/c1-6-11-21-13-17-33(18-14-22(21)15-19-36-26(3,4)25(34)35)20-24(31-5)37-32-16-10-8-9-12-23(7-2)27(28,29)30/h7-9,11,15-16,25,34-35H,6,10,12-14,17-20H2,1-5H3/b9-8-,21-11-,22-15-,23-7+,31-24?,32-16+. The molecule has 2 N–H and O–H groups in total. The van der Waals surface area contributed by atoms with Crippen molar-refractivity contribution in [3.8, 4) is 0 Å². The zero-order valence-electron chi connectivity index (χ0n) is 22.6. The van der Waals surface area contributed by atoms with E-state index in [9.17, 15) is 23.4 Å². The Morgan fingerprint density at radius 2 is 1.78 bits per heavy atom. The molecule has 0 aromatic carbocycles. The molecule has 0 aromatic rings. The van der Waals surface area contributed by atoms with Crippen LogP contribution >= 0.6 is 11.9 Å². The Labute approximate surface area is 223 Å². The molecule has 10 heteroatoms. The van der Waals surface area contributed by atoms with Crippen LogP contribution in [0.4, 0.5) is 13.2 Å². The van der Waals surface area contributed by atoms with Gasteiger partial charge in [0.2, 0.25) is 0 Å². The van der Waals surface area contributed by atoms with Gasteiger partial charge in [-0.2, -0.15) is 13.2 Å². The molecule has 0 spiro atoms. The van der Waals surface area contributed by atoms with Crippen molar-refractivity contribution in [3.05, 3.63) is 47.1 Å². The third kappa shape index (κ3) is 13.1. The third-order valence-corrected chi connectivity index (χ3v) is 6.74. The van der Waals surface area contributed by atoms with E-state index in [2.05, 4.69) is 27.3 Å². The van der Waals surface area contributed by atoms with Crippen LogP contribution < -0.4 is 0 Å². The van der Waals surface area contributed by atoms with Gasteiger partial charge in [-0.05, 0) is 57.6 Å². The summed E-state index contributed by atoms with van der Waals surface area (Å²) >= 11 is 1.28. The summed E-state index contributed by atoms with van der Waals surface area (Å²) in [6.07, 6.45) is 7.36. The van der Waals surface area contributed by atoms with Crippen LogP contribution in [-0.4, -0.2) is 77.7 Å². The number of halogens is 3. The Morgan fingerprint density at radius 3 is 2.32 bits per heavy atom. The zero-order chi connectivity index (χ0) is 27.9. The molecule has 0 unspecified atom stereocenters. The SMILES string of the molecule is C/C=C(\C/C=C\C/C=N/SC(CN1CCC(=C/CC)/C(=C\COC(C)(C)C(O)O)CC1)=NC)C(F)(F)F. The molecule has 0 amide bonds. The van der Waals surface area contributed by atoms with Gasteiger partial charge < -0.3 is 14.9 Å². The van der Waals surface area contributed by atoms with Crippen LogP contribution in [0.25, 0.3) is 0 Å². The molecule has 0 aromatic heterocycles. The third-order valence-electron chi connectivity index (χ3n) is 5.96. The summed E-state index contributed by atoms with van der Waals surface area (Å²) in [5, 5.41) is 19.7. The predicted octanol–water partition coefficient (Wildman–Crippen LogP) is 6.04. The molecule has 210 valence electrons. The van der Waals surface area contributed by atoms with Gasteiger partial charge in [-0.1, -0.05) is 37.3 Å². The molecule has 0 radical (unpaired) electrons. The van der Waals surface area contributed by atoms with E-state index in [0.29, 0.717) is 19.6 Å². The Morgan fingerprint density at radius 1 is 1.14 bits per heavy atom. The minimum atomic E-state index is -4.29. The summed E-state index contributed by atoms with van der Waals surface area (Å²) in [5.74, 6) is 0. The highest BCUT2D eigenvalue weighted by molar-refractivity contribution is 8.13. The molecule has 37 heavy (non-hydrogen) atoms. The number of aliphatic hydroxyl groups excluding tert-OH is 1. The minimum absolute atomic E-state index is 0.143. The maximum absolute atomic E-state index is 12.7. The van der Waals surface area contributed by atoms with Gasteiger partial charge in [-0.3, -0.25) is 9.89 Å². The molecular weight excluding hydrogens is 503 g/mol.